The molecule has 2 atom stereocenters. The maximum absolute atomic E-state index is 13.8. The summed E-state index contributed by atoms with van der Waals surface area (Å²) in [5.74, 6) is -3.62. The molecule has 0 saturated carbocycles. The van der Waals surface area contributed by atoms with Gasteiger partial charge in [-0.05, 0) is 28.5 Å². The number of carbonyl (C=O) groups excluding carboxylic acids is 1. The van der Waals surface area contributed by atoms with Gasteiger partial charge in [0.25, 0.3) is 0 Å². The summed E-state index contributed by atoms with van der Waals surface area (Å²) >= 11 is 0. The van der Waals surface area contributed by atoms with Crippen molar-refractivity contribution >= 4 is 16.6 Å². The highest BCUT2D eigenvalue weighted by Gasteiger charge is 2.49. The number of hydrogen-bond donors (Lipinski definition) is 0. The van der Waals surface area contributed by atoms with Crippen molar-refractivity contribution in [1.29, 1.82) is 5.26 Å². The maximum Gasteiger partial charge on any atom is 0.416 e. The molecule has 2 aromatic rings. The lowest BCUT2D eigenvalue weighted by Gasteiger charge is -2.28. The van der Waals surface area contributed by atoms with Crippen LogP contribution in [0.4, 0.5) is 26.3 Å². The monoisotopic (exact) mass is 389 g/mol. The first-order valence-corrected chi connectivity index (χ1v) is 7.59. The molecule has 0 saturated heterocycles. The standard InChI is InChI=1S/C18H13F6NO2/c1-27-16(14(26)7-8-25)15(18(22,23)24)12-4-2-3-10-5-6-11(9-13(10)12)17(19,20)21/h2-6,9,15-16H,7H2,1H3. The summed E-state index contributed by atoms with van der Waals surface area (Å²) in [5, 5.41) is 8.46. The number of fused-ring (bicyclic) bond motifs is 1. The molecule has 9 heteroatoms. The molecule has 0 aromatic heterocycles. The molecule has 0 aliphatic rings. The molecule has 0 N–H and O–H groups in total. The fourth-order valence-corrected chi connectivity index (χ4v) is 2.89. The van der Waals surface area contributed by atoms with E-state index in [1.54, 1.807) is 0 Å². The number of nitrogens with zero attached hydrogens (tertiary/aromatic N) is 1. The Labute approximate surface area is 150 Å². The highest BCUT2D eigenvalue weighted by Crippen LogP contribution is 2.43. The molecule has 0 spiro atoms. The van der Waals surface area contributed by atoms with Crippen molar-refractivity contribution in [3.05, 3.63) is 47.5 Å². The fourth-order valence-electron chi connectivity index (χ4n) is 2.89. The predicted octanol–water partition coefficient (Wildman–Crippen LogP) is 5.00. The van der Waals surface area contributed by atoms with E-state index in [-0.39, 0.29) is 10.8 Å². The summed E-state index contributed by atoms with van der Waals surface area (Å²) in [6, 6.07) is 7.54. The van der Waals surface area contributed by atoms with E-state index in [2.05, 4.69) is 0 Å². The summed E-state index contributed by atoms with van der Waals surface area (Å²) in [5.41, 5.74) is -1.63. The van der Waals surface area contributed by atoms with Gasteiger partial charge in [0.15, 0.2) is 5.78 Å². The van der Waals surface area contributed by atoms with Crippen molar-refractivity contribution in [3.8, 4) is 6.07 Å². The van der Waals surface area contributed by atoms with Gasteiger partial charge in [0.2, 0.25) is 0 Å². The summed E-state index contributed by atoms with van der Waals surface area (Å²) in [6.07, 6.45) is -12.6. The first kappa shape index (κ1) is 20.7. The highest BCUT2D eigenvalue weighted by atomic mass is 19.4. The van der Waals surface area contributed by atoms with Gasteiger partial charge in [-0.15, -0.1) is 0 Å². The number of rotatable bonds is 5. The van der Waals surface area contributed by atoms with Crippen molar-refractivity contribution < 1.29 is 35.9 Å². The minimum absolute atomic E-state index is 0.150. The van der Waals surface area contributed by atoms with Gasteiger partial charge in [-0.3, -0.25) is 4.79 Å². The van der Waals surface area contributed by atoms with Crippen molar-refractivity contribution in [3.63, 3.8) is 0 Å². The second-order valence-corrected chi connectivity index (χ2v) is 5.76. The van der Waals surface area contributed by atoms with Gasteiger partial charge in [-0.2, -0.15) is 31.6 Å². The largest absolute Gasteiger partial charge is 0.416 e. The molecular weight excluding hydrogens is 376 g/mol. The molecule has 2 rings (SSSR count). The Bertz CT molecular complexity index is 882. The minimum atomic E-state index is -4.99. The van der Waals surface area contributed by atoms with Crippen LogP contribution in [0.15, 0.2) is 36.4 Å². The number of methoxy groups -OCH3 is 1. The van der Waals surface area contributed by atoms with Gasteiger partial charge >= 0.3 is 12.4 Å². The number of carbonyl (C=O) groups is 1. The predicted molar refractivity (Wildman–Crippen MR) is 83.8 cm³/mol. The molecule has 0 bridgehead atoms. The van der Waals surface area contributed by atoms with Gasteiger partial charge in [0.1, 0.15) is 12.0 Å². The van der Waals surface area contributed by atoms with Crippen molar-refractivity contribution in [2.45, 2.75) is 30.8 Å². The Hall–Kier alpha value is -2.60. The highest BCUT2D eigenvalue weighted by molar-refractivity contribution is 5.90. The van der Waals surface area contributed by atoms with Crippen molar-refractivity contribution in [2.24, 2.45) is 0 Å². The molecule has 27 heavy (non-hydrogen) atoms. The van der Waals surface area contributed by atoms with E-state index in [1.807, 2.05) is 0 Å². The lowest BCUT2D eigenvalue weighted by molar-refractivity contribution is -0.180. The van der Waals surface area contributed by atoms with Gasteiger partial charge < -0.3 is 4.74 Å². The van der Waals surface area contributed by atoms with E-state index in [0.29, 0.717) is 6.07 Å². The molecule has 3 nitrogen and oxygen atoms in total. The second kappa shape index (κ2) is 7.56. The van der Waals surface area contributed by atoms with Gasteiger partial charge in [0.05, 0.1) is 18.1 Å². The van der Waals surface area contributed by atoms with E-state index >= 15 is 0 Å². The Morgan fingerprint density at radius 2 is 1.81 bits per heavy atom. The number of ketones is 1. The Kier molecular flexibility index (Phi) is 5.80. The SMILES string of the molecule is COC(C(=O)CC#N)C(c1cccc2ccc(C(F)(F)F)cc12)C(F)(F)F. The average molecular weight is 389 g/mol. The zero-order valence-electron chi connectivity index (χ0n) is 13.9. The molecule has 2 unspecified atom stereocenters. The number of alkyl halides is 6. The molecule has 0 aliphatic heterocycles. The minimum Gasteiger partial charge on any atom is -0.373 e. The lowest BCUT2D eigenvalue weighted by atomic mass is 9.86. The first-order valence-electron chi connectivity index (χ1n) is 7.59. The van der Waals surface area contributed by atoms with Gasteiger partial charge in [0, 0.05) is 7.11 Å². The molecule has 2 aromatic carbocycles. The van der Waals surface area contributed by atoms with Crippen LogP contribution in [0.2, 0.25) is 0 Å². The van der Waals surface area contributed by atoms with E-state index in [9.17, 15) is 31.1 Å². The normalized spacial score (nSPS) is 14.6. The van der Waals surface area contributed by atoms with Crippen LogP contribution in [0.25, 0.3) is 10.8 Å². The molecule has 0 fully saturated rings. The Morgan fingerprint density at radius 1 is 1.15 bits per heavy atom. The zero-order valence-corrected chi connectivity index (χ0v) is 13.9. The molecule has 144 valence electrons. The van der Waals surface area contributed by atoms with Crippen LogP contribution < -0.4 is 0 Å². The smallest absolute Gasteiger partial charge is 0.373 e. The number of benzene rings is 2. The Balaban J connectivity index is 2.74. The topological polar surface area (TPSA) is 50.1 Å². The van der Waals surface area contributed by atoms with E-state index in [1.165, 1.54) is 18.2 Å². The number of ether oxygens (including phenoxy) is 1. The number of Topliss-reactive ketones (excluding diaryl/α,β-unsaturated/α-hetero) is 1. The van der Waals surface area contributed by atoms with E-state index in [4.69, 9.17) is 10.00 Å². The summed E-state index contributed by atoms with van der Waals surface area (Å²) in [4.78, 5) is 12.0. The van der Waals surface area contributed by atoms with Crippen LogP contribution in [0.1, 0.15) is 23.5 Å². The number of nitriles is 1. The summed E-state index contributed by atoms with van der Waals surface area (Å²) in [6.45, 7) is 0. The van der Waals surface area contributed by atoms with Crippen LogP contribution in [0.5, 0.6) is 0 Å². The van der Waals surface area contributed by atoms with Gasteiger partial charge in [-0.25, -0.2) is 0 Å². The molecule has 0 aliphatic carbocycles. The quantitative estimate of drug-likeness (QED) is 0.676. The number of halogens is 6. The third-order valence-corrected chi connectivity index (χ3v) is 4.06. The van der Waals surface area contributed by atoms with Crippen LogP contribution in [-0.4, -0.2) is 25.2 Å². The fraction of sp³-hybridized carbons (Fsp3) is 0.333. The maximum atomic E-state index is 13.8. The lowest BCUT2D eigenvalue weighted by Crippen LogP contribution is -2.38. The van der Waals surface area contributed by atoms with Crippen LogP contribution in [0, 0.1) is 11.3 Å². The average Bonchev–Trinajstić information content (AvgIpc) is 2.57. The number of hydrogen-bond acceptors (Lipinski definition) is 3. The molecular formula is C18H13F6NO2. The summed E-state index contributed by atoms with van der Waals surface area (Å²) in [7, 11) is 0.880. The van der Waals surface area contributed by atoms with Crippen molar-refractivity contribution in [1.82, 2.24) is 0 Å². The van der Waals surface area contributed by atoms with Crippen molar-refractivity contribution in [2.75, 3.05) is 7.11 Å². The van der Waals surface area contributed by atoms with Crippen LogP contribution >= 0.6 is 0 Å². The van der Waals surface area contributed by atoms with Crippen LogP contribution in [-0.2, 0) is 15.7 Å². The third-order valence-electron chi connectivity index (χ3n) is 4.06. The second-order valence-electron chi connectivity index (χ2n) is 5.76. The zero-order chi connectivity index (χ0) is 20.4. The first-order chi connectivity index (χ1) is 12.5. The Morgan fingerprint density at radius 3 is 2.33 bits per heavy atom. The van der Waals surface area contributed by atoms with E-state index in [0.717, 1.165) is 25.3 Å². The molecule has 0 amide bonds. The third kappa shape index (κ3) is 4.39. The molecule has 0 radical (unpaired) electrons. The van der Waals surface area contributed by atoms with Gasteiger partial charge in [-0.1, -0.05) is 24.3 Å². The molecule has 0 heterocycles. The summed E-state index contributed by atoms with van der Waals surface area (Å²) < 4.78 is 85.0. The van der Waals surface area contributed by atoms with Crippen LogP contribution in [0.3, 0.4) is 0 Å². The van der Waals surface area contributed by atoms with E-state index < -0.39 is 47.7 Å².